The van der Waals surface area contributed by atoms with E-state index in [1.807, 2.05) is 6.08 Å². The van der Waals surface area contributed by atoms with E-state index in [1.54, 1.807) is 6.92 Å². The maximum atomic E-state index is 13.0. The zero-order valence-corrected chi connectivity index (χ0v) is 48.2. The Labute approximate surface area is 457 Å². The van der Waals surface area contributed by atoms with E-state index in [4.69, 9.17) is 19.5 Å². The summed E-state index contributed by atoms with van der Waals surface area (Å²) < 4.78 is 62.8. The number of nitrogens with one attached hydrogen (secondary N) is 2. The molecule has 0 spiro atoms. The number of ether oxygens (including phenoxy) is 1. The first-order chi connectivity index (χ1) is 36.4. The highest BCUT2D eigenvalue weighted by atomic mass is 32.2. The molecule has 17 atom stereocenters. The van der Waals surface area contributed by atoms with Crippen LogP contribution in [-0.4, -0.2) is 145 Å². The second kappa shape index (κ2) is 25.0. The van der Waals surface area contributed by atoms with Gasteiger partial charge in [-0.1, -0.05) is 52.5 Å². The number of carbonyl (C=O) groups excluding carboxylic acids is 3. The van der Waals surface area contributed by atoms with E-state index < -0.39 is 84.6 Å². The minimum atomic E-state index is -5.60. The number of fused-ring (bicyclic) bond motifs is 6. The number of rotatable bonds is 24. The third kappa shape index (κ3) is 14.5. The van der Waals surface area contributed by atoms with Crippen LogP contribution in [0.1, 0.15) is 118 Å². The molecule has 1 saturated heterocycles. The Morgan fingerprint density at radius 1 is 0.962 bits per heavy atom. The number of aromatic nitrogens is 4. The normalized spacial score (nSPS) is 33.7. The van der Waals surface area contributed by atoms with Crippen molar-refractivity contribution >= 4 is 69.1 Å². The highest BCUT2D eigenvalue weighted by Crippen LogP contribution is 2.68. The molecule has 0 bridgehead atoms. The lowest BCUT2D eigenvalue weighted by Crippen LogP contribution is -2.58. The first kappa shape index (κ1) is 62.8. The number of hydrogen-bond donors (Lipinski definition) is 11. The van der Waals surface area contributed by atoms with Crippen molar-refractivity contribution in [2.24, 2.45) is 51.8 Å². The van der Waals surface area contributed by atoms with Crippen LogP contribution in [0.4, 0.5) is 5.82 Å². The maximum Gasteiger partial charge on any atom is 0.481 e. The van der Waals surface area contributed by atoms with Gasteiger partial charge in [-0.25, -0.2) is 28.6 Å². The summed E-state index contributed by atoms with van der Waals surface area (Å²) in [6, 6.07) is 0. The van der Waals surface area contributed by atoms with E-state index in [0.717, 1.165) is 86.8 Å². The lowest BCUT2D eigenvalue weighted by molar-refractivity contribution is -0.174. The van der Waals surface area contributed by atoms with Crippen molar-refractivity contribution in [3.05, 3.63) is 24.3 Å². The number of phosphoric acid groups is 3. The van der Waals surface area contributed by atoms with Crippen LogP contribution in [0.3, 0.4) is 0 Å². The van der Waals surface area contributed by atoms with Crippen LogP contribution in [0.2, 0.25) is 0 Å². The van der Waals surface area contributed by atoms with Crippen molar-refractivity contribution in [1.82, 2.24) is 30.2 Å². The summed E-state index contributed by atoms with van der Waals surface area (Å²) in [5.41, 5.74) is 5.28. The first-order valence-electron chi connectivity index (χ1n) is 26.5. The summed E-state index contributed by atoms with van der Waals surface area (Å²) in [5.74, 6) is 1.56. The molecule has 5 aliphatic rings. The molecule has 440 valence electrons. The molecule has 30 heteroatoms. The van der Waals surface area contributed by atoms with Gasteiger partial charge < -0.3 is 61.1 Å². The predicted molar refractivity (Wildman–Crippen MR) is 282 cm³/mol. The minimum Gasteiger partial charge on any atom is -0.393 e. The van der Waals surface area contributed by atoms with Crippen molar-refractivity contribution in [3.63, 3.8) is 0 Å². The first-order valence-corrected chi connectivity index (χ1v) is 32.0. The lowest BCUT2D eigenvalue weighted by Gasteiger charge is -2.62. The summed E-state index contributed by atoms with van der Waals surface area (Å²) in [7, 11) is -16.5. The molecule has 1 aliphatic heterocycles. The van der Waals surface area contributed by atoms with Crippen LogP contribution in [0.25, 0.3) is 11.2 Å². The molecule has 2 amide bonds. The summed E-state index contributed by atoms with van der Waals surface area (Å²) >= 11 is 1.09. The molecule has 2 aromatic heterocycles. The molecule has 4 unspecified atom stereocenters. The zero-order chi connectivity index (χ0) is 57.3. The number of carbonyl (C=O) groups is 3. The Balaban J connectivity index is 0.775. The van der Waals surface area contributed by atoms with Crippen LogP contribution in [0.5, 0.6) is 0 Å². The highest BCUT2D eigenvalue weighted by Gasteiger charge is 2.63. The maximum absolute atomic E-state index is 13.0. The third-order valence-electron chi connectivity index (χ3n) is 17.5. The van der Waals surface area contributed by atoms with Gasteiger partial charge in [-0.3, -0.25) is 32.5 Å². The van der Waals surface area contributed by atoms with Crippen LogP contribution in [0, 0.1) is 51.8 Å². The average Bonchev–Trinajstić information content (AvgIpc) is 4.18. The van der Waals surface area contributed by atoms with Gasteiger partial charge >= 0.3 is 23.5 Å². The van der Waals surface area contributed by atoms with Gasteiger partial charge in [-0.2, -0.15) is 4.31 Å². The number of thioether (sulfide) groups is 1. The van der Waals surface area contributed by atoms with Crippen molar-refractivity contribution in [2.75, 3.05) is 37.8 Å². The standard InChI is InChI=1S/C48H78N7O19P3S/c1-26(30-10-11-31-36-32(13-16-48(30,31)6)47(5)15-12-29(56)20-28(47)21-33(36)57)8-7-9-27(2)45(62)78-19-18-50-35(58)14-17-51-43(61)40(60)46(3,4)23-71-77(68,69)74-76(66,67)70-22-34-39(73-75(63,64)65)38(59)44(72-34)55-25-54-37-41(49)52-24-53-42(37)55/h9,24-26,28-34,36,38-40,44,56-57,59-60H,7-8,10-23H2,1-6H3,(H,50,58)(H,51,61)(H,66,67)(H,68,69)(H2,49,52,53)(H2,63,64,65)/t26-,28+,29-,30-,31+,32?,33-,34-,36+,38-,39-,40+,44-,47+,48?/m1/s1. The molecule has 5 fully saturated rings. The molecular weight excluding hydrogens is 1100 g/mol. The third-order valence-corrected chi connectivity index (χ3v) is 21.6. The van der Waals surface area contributed by atoms with E-state index in [-0.39, 0.29) is 64.6 Å². The summed E-state index contributed by atoms with van der Waals surface area (Å²) in [6.45, 7) is 9.48. The lowest BCUT2D eigenvalue weighted by atomic mass is 9.43. The van der Waals surface area contributed by atoms with E-state index in [0.29, 0.717) is 46.8 Å². The minimum absolute atomic E-state index is 0.0280. The van der Waals surface area contributed by atoms with Crippen LogP contribution >= 0.6 is 35.2 Å². The number of nitrogens with zero attached hydrogens (tertiary/aromatic N) is 4. The molecule has 12 N–H and O–H groups in total. The monoisotopic (exact) mass is 1180 g/mol. The van der Waals surface area contributed by atoms with Crippen LogP contribution in [-0.2, 0) is 50.7 Å². The Morgan fingerprint density at radius 3 is 2.37 bits per heavy atom. The molecular formula is C48H78N7O19P3S. The van der Waals surface area contributed by atoms with Gasteiger partial charge in [-0.15, -0.1) is 0 Å². The Morgan fingerprint density at radius 2 is 1.65 bits per heavy atom. The average molecular weight is 1180 g/mol. The number of imidazole rings is 1. The number of anilines is 1. The van der Waals surface area contributed by atoms with Crippen molar-refractivity contribution < 1.29 is 90.7 Å². The number of hydrogen-bond acceptors (Lipinski definition) is 20. The summed E-state index contributed by atoms with van der Waals surface area (Å²) in [4.78, 5) is 89.8. The van der Waals surface area contributed by atoms with Crippen molar-refractivity contribution in [1.29, 1.82) is 0 Å². The van der Waals surface area contributed by atoms with Crippen molar-refractivity contribution in [3.8, 4) is 0 Å². The summed E-state index contributed by atoms with van der Waals surface area (Å²) in [5, 5.41) is 48.7. The molecule has 78 heavy (non-hydrogen) atoms. The number of nitrogens with two attached hydrogens (primary N) is 1. The Hall–Kier alpha value is -2.78. The van der Waals surface area contributed by atoms with Gasteiger partial charge in [0.1, 0.15) is 36.3 Å². The molecule has 0 aromatic carbocycles. The van der Waals surface area contributed by atoms with Gasteiger partial charge in [0.2, 0.25) is 16.9 Å². The summed E-state index contributed by atoms with van der Waals surface area (Å²) in [6.07, 6.45) is 4.28. The second-order valence-corrected chi connectivity index (χ2v) is 28.4. The van der Waals surface area contributed by atoms with Crippen molar-refractivity contribution in [2.45, 2.75) is 155 Å². The molecule has 4 saturated carbocycles. The number of aliphatic hydroxyl groups excluding tert-OH is 4. The van der Waals surface area contributed by atoms with Crippen LogP contribution in [0.15, 0.2) is 24.3 Å². The fraction of sp³-hybridized carbons (Fsp3) is 0.792. The Kier molecular flexibility index (Phi) is 20.1. The molecule has 7 rings (SSSR count). The quantitative estimate of drug-likeness (QED) is 0.0402. The number of allylic oxidation sites excluding steroid dienone is 1. The largest absolute Gasteiger partial charge is 0.481 e. The molecule has 3 heterocycles. The van der Waals surface area contributed by atoms with E-state index >= 15 is 0 Å². The molecule has 26 nitrogen and oxygen atoms in total. The Bertz CT molecular complexity index is 2660. The van der Waals surface area contributed by atoms with E-state index in [9.17, 15) is 68.1 Å². The topological polar surface area (TPSA) is 404 Å². The van der Waals surface area contributed by atoms with E-state index in [1.165, 1.54) is 20.3 Å². The van der Waals surface area contributed by atoms with Crippen LogP contribution < -0.4 is 16.4 Å². The fourth-order valence-electron chi connectivity index (χ4n) is 13.4. The number of phosphoric ester groups is 3. The SMILES string of the molecule is CC(=CCC[C@@H](C)[C@H]1CC[C@H]2[C@H]3C(CCC12C)[C@@]1(C)CC[C@@H](O)C[C@H]1C[C@H]3O)C(=O)SCCNC(=O)CCNC(=O)[C@H](O)C(C)(C)COP(=O)(O)OP(=O)(O)OC[C@H]1O[C@@H](n2cnc3c(N)ncnc32)[C@H](O)[C@@H]1OP(=O)(O)O. The molecule has 2 aromatic rings. The van der Waals surface area contributed by atoms with Gasteiger partial charge in [-0.05, 0) is 123 Å². The van der Waals surface area contributed by atoms with Gasteiger partial charge in [0, 0.05) is 30.7 Å². The predicted octanol–water partition coefficient (Wildman–Crippen LogP) is 4.02. The smallest absolute Gasteiger partial charge is 0.393 e. The number of nitrogen functional groups attached to an aromatic ring is 1. The number of aliphatic hydroxyl groups is 4. The van der Waals surface area contributed by atoms with Gasteiger partial charge in [0.25, 0.3) is 0 Å². The number of amides is 2. The van der Waals surface area contributed by atoms with E-state index in [2.05, 4.69) is 55.2 Å². The zero-order valence-electron chi connectivity index (χ0n) is 44.7. The second-order valence-electron chi connectivity index (χ2n) is 23.1. The fourth-order valence-corrected chi connectivity index (χ4v) is 16.9. The highest BCUT2D eigenvalue weighted by molar-refractivity contribution is 8.14. The molecule has 4 aliphatic carbocycles. The van der Waals surface area contributed by atoms with Gasteiger partial charge in [0.05, 0.1) is 31.7 Å². The molecule has 0 radical (unpaired) electrons. The van der Waals surface area contributed by atoms with Gasteiger partial charge in [0.15, 0.2) is 17.7 Å².